The van der Waals surface area contributed by atoms with E-state index in [1.54, 1.807) is 0 Å². The van der Waals surface area contributed by atoms with Crippen molar-refractivity contribution in [3.05, 3.63) is 28.2 Å². The molecule has 1 saturated heterocycles. The molecule has 0 aliphatic carbocycles. The van der Waals surface area contributed by atoms with Gasteiger partial charge in [0.2, 0.25) is 0 Å². The third-order valence-corrected chi connectivity index (χ3v) is 4.37. The monoisotopic (exact) mass is 315 g/mol. The van der Waals surface area contributed by atoms with Gasteiger partial charge in [0.15, 0.2) is 0 Å². The molecule has 94 valence electrons. The molecule has 0 radical (unpaired) electrons. The van der Waals surface area contributed by atoms with Crippen LogP contribution < -0.4 is 4.90 Å². The third kappa shape index (κ3) is 2.97. The Labute approximate surface area is 117 Å². The van der Waals surface area contributed by atoms with Crippen LogP contribution in [0, 0.1) is 0 Å². The molecule has 3 heteroatoms. The normalized spacial score (nSPS) is 20.6. The number of piperidine rings is 1. The lowest BCUT2D eigenvalue weighted by atomic mass is 9.98. The van der Waals surface area contributed by atoms with Crippen molar-refractivity contribution in [2.45, 2.75) is 44.5 Å². The first-order valence-corrected chi connectivity index (χ1v) is 7.70. The second-order valence-electron chi connectivity index (χ2n) is 4.66. The highest BCUT2D eigenvalue weighted by molar-refractivity contribution is 9.10. The largest absolute Gasteiger partial charge is 0.368 e. The van der Waals surface area contributed by atoms with Crippen LogP contribution in [0.4, 0.5) is 5.69 Å². The van der Waals surface area contributed by atoms with Gasteiger partial charge in [0.05, 0.1) is 0 Å². The van der Waals surface area contributed by atoms with Crippen molar-refractivity contribution in [1.29, 1.82) is 0 Å². The number of nitrogens with zero attached hydrogens (tertiary/aromatic N) is 1. The summed E-state index contributed by atoms with van der Waals surface area (Å²) in [5.41, 5.74) is 2.57. The molecule has 1 heterocycles. The Morgan fingerprint density at radius 3 is 2.94 bits per heavy atom. The van der Waals surface area contributed by atoms with Crippen molar-refractivity contribution < 1.29 is 0 Å². The molecule has 0 bridgehead atoms. The number of hydrogen-bond acceptors (Lipinski definition) is 1. The minimum absolute atomic E-state index is 0.585. The van der Waals surface area contributed by atoms with Crippen molar-refractivity contribution in [1.82, 2.24) is 0 Å². The number of hydrogen-bond donors (Lipinski definition) is 0. The molecule has 0 saturated carbocycles. The fraction of sp³-hybridized carbons (Fsp3) is 0.571. The molecule has 0 N–H and O–H groups in total. The minimum atomic E-state index is 0.585. The third-order valence-electron chi connectivity index (χ3n) is 3.59. The lowest BCUT2D eigenvalue weighted by Gasteiger charge is -2.38. The first-order valence-electron chi connectivity index (χ1n) is 6.37. The van der Waals surface area contributed by atoms with Gasteiger partial charge in [-0.15, -0.1) is 11.6 Å². The summed E-state index contributed by atoms with van der Waals surface area (Å²) in [5, 5.41) is 0. The van der Waals surface area contributed by atoms with Crippen LogP contribution in [0.15, 0.2) is 22.7 Å². The summed E-state index contributed by atoms with van der Waals surface area (Å²) >= 11 is 9.58. The average Bonchev–Trinajstić information content (AvgIpc) is 2.38. The van der Waals surface area contributed by atoms with Crippen LogP contribution in [0.25, 0.3) is 0 Å². The molecule has 1 atom stereocenters. The number of rotatable bonds is 3. The van der Waals surface area contributed by atoms with E-state index in [0.717, 1.165) is 4.47 Å². The maximum Gasteiger partial charge on any atom is 0.0494 e. The fourth-order valence-electron chi connectivity index (χ4n) is 2.68. The molecule has 0 amide bonds. The molecule has 2 rings (SSSR count). The summed E-state index contributed by atoms with van der Waals surface area (Å²) in [6.07, 6.45) is 5.20. The van der Waals surface area contributed by atoms with E-state index in [1.807, 2.05) is 0 Å². The molecule has 1 aliphatic rings. The standard InChI is InChI=1S/C14H19BrClN/c1-2-13-5-3-4-8-17(13)14-7-6-12(15)9-11(14)10-16/h6-7,9,13H,2-5,8,10H2,1H3. The maximum atomic E-state index is 6.07. The lowest BCUT2D eigenvalue weighted by molar-refractivity contribution is 0.449. The van der Waals surface area contributed by atoms with Gasteiger partial charge in [-0.05, 0) is 49.4 Å². The Morgan fingerprint density at radius 2 is 2.24 bits per heavy atom. The highest BCUT2D eigenvalue weighted by Gasteiger charge is 2.22. The van der Waals surface area contributed by atoms with Gasteiger partial charge in [-0.3, -0.25) is 0 Å². The van der Waals surface area contributed by atoms with E-state index in [2.05, 4.69) is 46.0 Å². The predicted octanol–water partition coefficient (Wildman–Crippen LogP) is 4.96. The van der Waals surface area contributed by atoms with Crippen LogP contribution in [-0.4, -0.2) is 12.6 Å². The van der Waals surface area contributed by atoms with E-state index in [0.29, 0.717) is 11.9 Å². The molecule has 0 spiro atoms. The molecular formula is C14H19BrClN. The van der Waals surface area contributed by atoms with Gasteiger partial charge in [-0.25, -0.2) is 0 Å². The summed E-state index contributed by atoms with van der Waals surface area (Å²) in [4.78, 5) is 2.55. The Balaban J connectivity index is 2.30. The zero-order valence-electron chi connectivity index (χ0n) is 10.3. The Bertz CT molecular complexity index is 380. The van der Waals surface area contributed by atoms with Crippen LogP contribution in [0.2, 0.25) is 0 Å². The topological polar surface area (TPSA) is 3.24 Å². The minimum Gasteiger partial charge on any atom is -0.368 e. The number of anilines is 1. The van der Waals surface area contributed by atoms with Crippen molar-refractivity contribution in [3.63, 3.8) is 0 Å². The van der Waals surface area contributed by atoms with E-state index in [4.69, 9.17) is 11.6 Å². The fourth-order valence-corrected chi connectivity index (χ4v) is 3.31. The zero-order valence-corrected chi connectivity index (χ0v) is 12.6. The SMILES string of the molecule is CCC1CCCCN1c1ccc(Br)cc1CCl. The molecule has 17 heavy (non-hydrogen) atoms. The highest BCUT2D eigenvalue weighted by Crippen LogP contribution is 2.31. The van der Waals surface area contributed by atoms with Crippen molar-refractivity contribution >= 4 is 33.2 Å². The summed E-state index contributed by atoms with van der Waals surface area (Å²) in [7, 11) is 0. The zero-order chi connectivity index (χ0) is 12.3. The van der Waals surface area contributed by atoms with Crippen LogP contribution in [0.3, 0.4) is 0 Å². The van der Waals surface area contributed by atoms with Crippen molar-refractivity contribution in [2.75, 3.05) is 11.4 Å². The Hall–Kier alpha value is -0.210. The second-order valence-corrected chi connectivity index (χ2v) is 5.84. The van der Waals surface area contributed by atoms with Gasteiger partial charge in [0, 0.05) is 28.6 Å². The lowest BCUT2D eigenvalue weighted by Crippen LogP contribution is -2.39. The van der Waals surface area contributed by atoms with Crippen molar-refractivity contribution in [3.8, 4) is 0 Å². The van der Waals surface area contributed by atoms with E-state index < -0.39 is 0 Å². The quantitative estimate of drug-likeness (QED) is 0.713. The Kier molecular flexibility index (Phi) is 4.75. The smallest absolute Gasteiger partial charge is 0.0494 e. The van der Waals surface area contributed by atoms with E-state index >= 15 is 0 Å². The summed E-state index contributed by atoms with van der Waals surface area (Å²) in [6.45, 7) is 3.45. The average molecular weight is 317 g/mol. The van der Waals surface area contributed by atoms with Crippen LogP contribution in [-0.2, 0) is 5.88 Å². The van der Waals surface area contributed by atoms with Gasteiger partial charge in [0.25, 0.3) is 0 Å². The molecule has 1 aliphatic heterocycles. The van der Waals surface area contributed by atoms with Gasteiger partial charge >= 0.3 is 0 Å². The number of halogens is 2. The predicted molar refractivity (Wildman–Crippen MR) is 79.0 cm³/mol. The molecule has 1 fully saturated rings. The van der Waals surface area contributed by atoms with Gasteiger partial charge in [-0.2, -0.15) is 0 Å². The second kappa shape index (κ2) is 6.10. The molecule has 1 aromatic rings. The van der Waals surface area contributed by atoms with Gasteiger partial charge in [0.1, 0.15) is 0 Å². The summed E-state index contributed by atoms with van der Waals surface area (Å²) < 4.78 is 1.11. The van der Waals surface area contributed by atoms with Crippen LogP contribution >= 0.6 is 27.5 Å². The summed E-state index contributed by atoms with van der Waals surface area (Å²) in [5.74, 6) is 0.585. The maximum absolute atomic E-state index is 6.07. The molecule has 1 unspecified atom stereocenters. The van der Waals surface area contributed by atoms with E-state index in [-0.39, 0.29) is 0 Å². The molecular weight excluding hydrogens is 298 g/mol. The molecule has 1 nitrogen and oxygen atoms in total. The highest BCUT2D eigenvalue weighted by atomic mass is 79.9. The van der Waals surface area contributed by atoms with E-state index in [1.165, 1.54) is 43.5 Å². The van der Waals surface area contributed by atoms with Gasteiger partial charge < -0.3 is 4.90 Å². The molecule has 1 aromatic carbocycles. The number of alkyl halides is 1. The first kappa shape index (κ1) is 13.2. The van der Waals surface area contributed by atoms with Crippen LogP contribution in [0.1, 0.15) is 38.2 Å². The number of benzene rings is 1. The Morgan fingerprint density at radius 1 is 1.41 bits per heavy atom. The van der Waals surface area contributed by atoms with E-state index in [9.17, 15) is 0 Å². The van der Waals surface area contributed by atoms with Crippen LogP contribution in [0.5, 0.6) is 0 Å². The molecule has 0 aromatic heterocycles. The first-order chi connectivity index (χ1) is 8.26. The summed E-state index contributed by atoms with van der Waals surface area (Å²) in [6, 6.07) is 7.15. The van der Waals surface area contributed by atoms with Gasteiger partial charge in [-0.1, -0.05) is 22.9 Å². The van der Waals surface area contributed by atoms with Crippen molar-refractivity contribution in [2.24, 2.45) is 0 Å².